The Hall–Kier alpha value is -1.01. The van der Waals surface area contributed by atoms with Crippen molar-refractivity contribution in [3.8, 4) is 11.8 Å². The highest BCUT2D eigenvalue weighted by Crippen LogP contribution is 2.16. The molecule has 0 radical (unpaired) electrons. The molecule has 1 aliphatic heterocycles. The first-order valence-corrected chi connectivity index (χ1v) is 9.58. The van der Waals surface area contributed by atoms with Crippen LogP contribution in [0.1, 0.15) is 96.3 Å². The molecule has 3 heteroatoms. The summed E-state index contributed by atoms with van der Waals surface area (Å²) in [7, 11) is 0. The summed E-state index contributed by atoms with van der Waals surface area (Å²) in [4.78, 5) is 10.4. The monoisotopic (exact) mass is 322 g/mol. The summed E-state index contributed by atoms with van der Waals surface area (Å²) in [6.45, 7) is 0.983. The standard InChI is InChI=1S/C20H34O3/c21-20(22)17-15-13-11-9-7-5-3-1-2-4-6-8-10-12-14-16-19-18-23-19/h19H,1-5,7,9-18H2,(H,21,22). The molecule has 1 fully saturated rings. The van der Waals surface area contributed by atoms with Gasteiger partial charge in [-0.1, -0.05) is 44.9 Å². The summed E-state index contributed by atoms with van der Waals surface area (Å²) in [6, 6.07) is 0. The summed E-state index contributed by atoms with van der Waals surface area (Å²) >= 11 is 0. The van der Waals surface area contributed by atoms with Crippen molar-refractivity contribution in [2.75, 3.05) is 6.61 Å². The van der Waals surface area contributed by atoms with Gasteiger partial charge in [0, 0.05) is 19.3 Å². The number of hydrogen-bond donors (Lipinski definition) is 1. The molecule has 23 heavy (non-hydrogen) atoms. The molecule has 1 atom stereocenters. The summed E-state index contributed by atoms with van der Waals surface area (Å²) < 4.78 is 5.18. The van der Waals surface area contributed by atoms with Crippen LogP contribution in [0.4, 0.5) is 0 Å². The second kappa shape index (κ2) is 14.6. The number of hydrogen-bond acceptors (Lipinski definition) is 2. The molecule has 0 amide bonds. The third-order valence-corrected chi connectivity index (χ3v) is 4.30. The van der Waals surface area contributed by atoms with Gasteiger partial charge in [-0.3, -0.25) is 4.79 Å². The first-order valence-electron chi connectivity index (χ1n) is 9.58. The largest absolute Gasteiger partial charge is 0.481 e. The maximum Gasteiger partial charge on any atom is 0.303 e. The number of epoxide rings is 1. The van der Waals surface area contributed by atoms with E-state index in [1.165, 1.54) is 64.2 Å². The quantitative estimate of drug-likeness (QED) is 0.252. The lowest BCUT2D eigenvalue weighted by Crippen LogP contribution is -1.93. The zero-order valence-corrected chi connectivity index (χ0v) is 14.7. The lowest BCUT2D eigenvalue weighted by molar-refractivity contribution is -0.137. The normalized spacial score (nSPS) is 15.9. The maximum atomic E-state index is 10.4. The minimum Gasteiger partial charge on any atom is -0.481 e. The van der Waals surface area contributed by atoms with Crippen LogP contribution in [0.2, 0.25) is 0 Å². The Bertz CT molecular complexity index is 350. The number of carboxylic acids is 1. The van der Waals surface area contributed by atoms with E-state index in [9.17, 15) is 4.79 Å². The molecule has 0 bridgehead atoms. The van der Waals surface area contributed by atoms with E-state index in [-0.39, 0.29) is 0 Å². The van der Waals surface area contributed by atoms with Crippen molar-refractivity contribution in [3.05, 3.63) is 0 Å². The van der Waals surface area contributed by atoms with E-state index in [1.54, 1.807) is 0 Å². The summed E-state index contributed by atoms with van der Waals surface area (Å²) in [5, 5.41) is 8.54. The van der Waals surface area contributed by atoms with Gasteiger partial charge in [0.2, 0.25) is 0 Å². The fourth-order valence-electron chi connectivity index (χ4n) is 2.72. The van der Waals surface area contributed by atoms with E-state index in [4.69, 9.17) is 9.84 Å². The Kier molecular flexibility index (Phi) is 12.7. The summed E-state index contributed by atoms with van der Waals surface area (Å²) in [6.07, 6.45) is 17.5. The molecular formula is C20H34O3. The maximum absolute atomic E-state index is 10.4. The van der Waals surface area contributed by atoms with Crippen molar-refractivity contribution in [1.82, 2.24) is 0 Å². The fraction of sp³-hybridized carbons (Fsp3) is 0.850. The molecule has 1 saturated heterocycles. The van der Waals surface area contributed by atoms with E-state index in [0.717, 1.165) is 32.3 Å². The lowest BCUT2D eigenvalue weighted by atomic mass is 10.1. The number of carboxylic acid groups (broad SMARTS) is 1. The number of ether oxygens (including phenoxy) is 1. The van der Waals surface area contributed by atoms with Crippen LogP contribution in [0.5, 0.6) is 0 Å². The Morgan fingerprint density at radius 2 is 1.30 bits per heavy atom. The van der Waals surface area contributed by atoms with Crippen LogP contribution in [-0.4, -0.2) is 23.8 Å². The van der Waals surface area contributed by atoms with Gasteiger partial charge in [-0.15, -0.1) is 11.8 Å². The molecular weight excluding hydrogens is 288 g/mol. The van der Waals surface area contributed by atoms with E-state index in [2.05, 4.69) is 11.8 Å². The summed E-state index contributed by atoms with van der Waals surface area (Å²) in [5.41, 5.74) is 0. The first-order chi connectivity index (χ1) is 11.3. The molecule has 0 aromatic rings. The van der Waals surface area contributed by atoms with Gasteiger partial charge in [-0.25, -0.2) is 0 Å². The average molecular weight is 322 g/mol. The summed E-state index contributed by atoms with van der Waals surface area (Å²) in [5.74, 6) is 5.91. The van der Waals surface area contributed by atoms with E-state index >= 15 is 0 Å². The van der Waals surface area contributed by atoms with E-state index in [1.807, 2.05) is 0 Å². The van der Waals surface area contributed by atoms with Crippen LogP contribution in [-0.2, 0) is 9.53 Å². The van der Waals surface area contributed by atoms with Crippen molar-refractivity contribution in [3.63, 3.8) is 0 Å². The van der Waals surface area contributed by atoms with Crippen LogP contribution >= 0.6 is 0 Å². The molecule has 0 aromatic carbocycles. The van der Waals surface area contributed by atoms with E-state index in [0.29, 0.717) is 12.5 Å². The van der Waals surface area contributed by atoms with Gasteiger partial charge in [0.15, 0.2) is 0 Å². The Labute approximate surface area is 142 Å². The Morgan fingerprint density at radius 3 is 1.83 bits per heavy atom. The molecule has 1 aliphatic rings. The minimum atomic E-state index is -0.666. The van der Waals surface area contributed by atoms with Gasteiger partial charge in [-0.2, -0.15) is 0 Å². The second-order valence-electron chi connectivity index (χ2n) is 6.63. The molecule has 1 heterocycles. The molecule has 0 spiro atoms. The van der Waals surface area contributed by atoms with Gasteiger partial charge < -0.3 is 9.84 Å². The van der Waals surface area contributed by atoms with E-state index < -0.39 is 5.97 Å². The number of aliphatic carboxylic acids is 1. The van der Waals surface area contributed by atoms with Crippen LogP contribution in [0.25, 0.3) is 0 Å². The fourth-order valence-corrected chi connectivity index (χ4v) is 2.72. The number of carbonyl (C=O) groups is 1. The van der Waals surface area contributed by atoms with Gasteiger partial charge in [-0.05, 0) is 32.1 Å². The molecule has 1 rings (SSSR count). The molecule has 1 N–H and O–H groups in total. The van der Waals surface area contributed by atoms with Crippen molar-refractivity contribution in [1.29, 1.82) is 0 Å². The number of rotatable bonds is 15. The highest BCUT2D eigenvalue weighted by molar-refractivity contribution is 5.66. The highest BCUT2D eigenvalue weighted by atomic mass is 16.6. The first kappa shape index (κ1) is 20.0. The predicted molar refractivity (Wildman–Crippen MR) is 94.4 cm³/mol. The topological polar surface area (TPSA) is 49.8 Å². The molecule has 132 valence electrons. The smallest absolute Gasteiger partial charge is 0.303 e. The Morgan fingerprint density at radius 1 is 0.826 bits per heavy atom. The van der Waals surface area contributed by atoms with Gasteiger partial charge >= 0.3 is 5.97 Å². The van der Waals surface area contributed by atoms with Crippen molar-refractivity contribution >= 4 is 5.97 Å². The van der Waals surface area contributed by atoms with Crippen molar-refractivity contribution in [2.24, 2.45) is 0 Å². The molecule has 0 saturated carbocycles. The molecule has 3 nitrogen and oxygen atoms in total. The van der Waals surface area contributed by atoms with Crippen LogP contribution in [0.15, 0.2) is 0 Å². The molecule has 1 unspecified atom stereocenters. The second-order valence-corrected chi connectivity index (χ2v) is 6.63. The van der Waals surface area contributed by atoms with Crippen LogP contribution < -0.4 is 0 Å². The van der Waals surface area contributed by atoms with Crippen molar-refractivity contribution in [2.45, 2.75) is 102 Å². The third kappa shape index (κ3) is 15.7. The van der Waals surface area contributed by atoms with Gasteiger partial charge in [0.05, 0.1) is 12.7 Å². The number of unbranched alkanes of at least 4 members (excludes halogenated alkanes) is 11. The predicted octanol–water partition coefficient (Wildman–Crippen LogP) is 5.32. The zero-order chi connectivity index (χ0) is 16.6. The minimum absolute atomic E-state index is 0.329. The van der Waals surface area contributed by atoms with Crippen molar-refractivity contribution < 1.29 is 14.6 Å². The van der Waals surface area contributed by atoms with Crippen LogP contribution in [0, 0.1) is 11.8 Å². The van der Waals surface area contributed by atoms with Crippen LogP contribution in [0.3, 0.4) is 0 Å². The molecule has 0 aromatic heterocycles. The Balaban J connectivity index is 1.68. The average Bonchev–Trinajstić information content (AvgIpc) is 3.34. The van der Waals surface area contributed by atoms with Gasteiger partial charge in [0.25, 0.3) is 0 Å². The van der Waals surface area contributed by atoms with Gasteiger partial charge in [0.1, 0.15) is 0 Å². The third-order valence-electron chi connectivity index (χ3n) is 4.30. The molecule has 0 aliphatic carbocycles. The SMILES string of the molecule is O=C(O)CCCCCCCCCCCC#CCCCCC1CO1. The lowest BCUT2D eigenvalue weighted by Gasteiger charge is -2.01. The zero-order valence-electron chi connectivity index (χ0n) is 14.7. The highest BCUT2D eigenvalue weighted by Gasteiger charge is 2.20.